The molecule has 2 unspecified atom stereocenters. The van der Waals surface area contributed by atoms with Crippen LogP contribution in [0.3, 0.4) is 0 Å². The molecule has 1 aliphatic heterocycles. The van der Waals surface area contributed by atoms with E-state index in [9.17, 15) is 9.90 Å². The molecular weight excluding hydrogens is 178 g/mol. The minimum atomic E-state index is -0.296. The second-order valence-corrected chi connectivity index (χ2v) is 4.22. The smallest absolute Gasteiger partial charge is 0.222 e. The molecular formula is C11H21NO2. The van der Waals surface area contributed by atoms with Crippen molar-refractivity contribution in [2.24, 2.45) is 0 Å². The van der Waals surface area contributed by atoms with E-state index in [-0.39, 0.29) is 18.1 Å². The van der Waals surface area contributed by atoms with Crippen LogP contribution in [0.2, 0.25) is 0 Å². The van der Waals surface area contributed by atoms with E-state index in [0.29, 0.717) is 6.42 Å². The summed E-state index contributed by atoms with van der Waals surface area (Å²) in [6, 6.07) is 0.286. The molecule has 1 amide bonds. The van der Waals surface area contributed by atoms with Gasteiger partial charge in [-0.2, -0.15) is 0 Å². The lowest BCUT2D eigenvalue weighted by molar-refractivity contribution is -0.132. The molecule has 0 aromatic heterocycles. The van der Waals surface area contributed by atoms with Gasteiger partial charge in [0.1, 0.15) is 0 Å². The maximum atomic E-state index is 11.7. The molecule has 0 spiro atoms. The fraction of sp³-hybridized carbons (Fsp3) is 0.909. The first-order valence-corrected chi connectivity index (χ1v) is 5.62. The Bertz CT molecular complexity index is 192. The minimum absolute atomic E-state index is 0.260. The summed E-state index contributed by atoms with van der Waals surface area (Å²) in [4.78, 5) is 13.6. The predicted octanol–water partition coefficient (Wildman–Crippen LogP) is 1.55. The first kappa shape index (κ1) is 11.5. The summed E-state index contributed by atoms with van der Waals surface area (Å²) in [5.41, 5.74) is 0. The van der Waals surface area contributed by atoms with Gasteiger partial charge in [0.25, 0.3) is 0 Å². The minimum Gasteiger partial charge on any atom is -0.393 e. The van der Waals surface area contributed by atoms with E-state index in [2.05, 4.69) is 0 Å². The third-order valence-electron chi connectivity index (χ3n) is 2.77. The van der Waals surface area contributed by atoms with E-state index in [1.807, 2.05) is 11.8 Å². The average Bonchev–Trinajstić information content (AvgIpc) is 2.51. The molecule has 14 heavy (non-hydrogen) atoms. The summed E-state index contributed by atoms with van der Waals surface area (Å²) in [6.07, 6.45) is 4.14. The van der Waals surface area contributed by atoms with Crippen molar-refractivity contribution < 1.29 is 9.90 Å². The van der Waals surface area contributed by atoms with Crippen molar-refractivity contribution in [3.05, 3.63) is 0 Å². The van der Waals surface area contributed by atoms with Gasteiger partial charge in [0.2, 0.25) is 5.91 Å². The normalized spacial score (nSPS) is 23.9. The second kappa shape index (κ2) is 5.35. The third kappa shape index (κ3) is 2.98. The highest BCUT2D eigenvalue weighted by molar-refractivity contribution is 5.76. The fourth-order valence-electron chi connectivity index (χ4n) is 2.16. The molecule has 0 radical (unpaired) electrons. The van der Waals surface area contributed by atoms with Crippen molar-refractivity contribution >= 4 is 5.91 Å². The van der Waals surface area contributed by atoms with Crippen LogP contribution in [-0.4, -0.2) is 34.6 Å². The molecule has 1 heterocycles. The Morgan fingerprint density at radius 3 is 2.93 bits per heavy atom. The van der Waals surface area contributed by atoms with Crippen molar-refractivity contribution in [1.29, 1.82) is 0 Å². The van der Waals surface area contributed by atoms with Crippen LogP contribution < -0.4 is 0 Å². The first-order chi connectivity index (χ1) is 6.65. The highest BCUT2D eigenvalue weighted by atomic mass is 16.3. The molecule has 1 aliphatic rings. The van der Waals surface area contributed by atoms with Gasteiger partial charge in [0.15, 0.2) is 0 Å². The standard InChI is InChI=1S/C11H21NO2/c1-3-5-11(14)12-7-4-6-10(12)8-9(2)13/h9-10,13H,3-8H2,1-2H3. The Labute approximate surface area is 86.1 Å². The number of hydrogen-bond donors (Lipinski definition) is 1. The summed E-state index contributed by atoms with van der Waals surface area (Å²) in [5.74, 6) is 0.260. The molecule has 3 heteroatoms. The van der Waals surface area contributed by atoms with Crippen LogP contribution in [0.25, 0.3) is 0 Å². The van der Waals surface area contributed by atoms with Gasteiger partial charge in [-0.05, 0) is 32.6 Å². The fourth-order valence-corrected chi connectivity index (χ4v) is 2.16. The Kier molecular flexibility index (Phi) is 4.39. The number of nitrogens with zero attached hydrogens (tertiary/aromatic N) is 1. The summed E-state index contributed by atoms with van der Waals surface area (Å²) >= 11 is 0. The second-order valence-electron chi connectivity index (χ2n) is 4.22. The number of hydrogen-bond acceptors (Lipinski definition) is 2. The van der Waals surface area contributed by atoms with Crippen LogP contribution >= 0.6 is 0 Å². The Morgan fingerprint density at radius 2 is 2.36 bits per heavy atom. The van der Waals surface area contributed by atoms with Crippen molar-refractivity contribution in [1.82, 2.24) is 4.90 Å². The van der Waals surface area contributed by atoms with Crippen LogP contribution in [0.15, 0.2) is 0 Å². The van der Waals surface area contributed by atoms with Gasteiger partial charge in [-0.3, -0.25) is 4.79 Å². The average molecular weight is 199 g/mol. The summed E-state index contributed by atoms with van der Waals surface area (Å²) in [7, 11) is 0. The van der Waals surface area contributed by atoms with Gasteiger partial charge in [0, 0.05) is 19.0 Å². The van der Waals surface area contributed by atoms with Crippen LogP contribution in [0.4, 0.5) is 0 Å². The molecule has 0 saturated carbocycles. The number of aliphatic hydroxyl groups is 1. The number of likely N-dealkylation sites (tertiary alicyclic amines) is 1. The quantitative estimate of drug-likeness (QED) is 0.746. The van der Waals surface area contributed by atoms with E-state index in [1.54, 1.807) is 6.92 Å². The van der Waals surface area contributed by atoms with Gasteiger partial charge in [-0.1, -0.05) is 6.92 Å². The molecule has 1 rings (SSSR count). The molecule has 1 saturated heterocycles. The lowest BCUT2D eigenvalue weighted by Crippen LogP contribution is -2.36. The third-order valence-corrected chi connectivity index (χ3v) is 2.77. The van der Waals surface area contributed by atoms with Crippen molar-refractivity contribution in [3.8, 4) is 0 Å². The Balaban J connectivity index is 2.46. The largest absolute Gasteiger partial charge is 0.393 e. The number of carbonyl (C=O) groups excluding carboxylic acids is 1. The predicted molar refractivity (Wildman–Crippen MR) is 55.9 cm³/mol. The molecule has 1 N–H and O–H groups in total. The SMILES string of the molecule is CCCC(=O)N1CCCC1CC(C)O. The zero-order valence-electron chi connectivity index (χ0n) is 9.20. The number of aliphatic hydroxyl groups excluding tert-OH is 1. The van der Waals surface area contributed by atoms with Gasteiger partial charge >= 0.3 is 0 Å². The van der Waals surface area contributed by atoms with Crippen LogP contribution in [0, 0.1) is 0 Å². The maximum Gasteiger partial charge on any atom is 0.222 e. The summed E-state index contributed by atoms with van der Waals surface area (Å²) < 4.78 is 0. The lowest BCUT2D eigenvalue weighted by Gasteiger charge is -2.25. The molecule has 0 aromatic carbocycles. The highest BCUT2D eigenvalue weighted by Crippen LogP contribution is 2.22. The zero-order chi connectivity index (χ0) is 10.6. The number of rotatable bonds is 4. The molecule has 82 valence electrons. The molecule has 0 aliphatic carbocycles. The summed E-state index contributed by atoms with van der Waals surface area (Å²) in [5, 5.41) is 9.30. The Hall–Kier alpha value is -0.570. The summed E-state index contributed by atoms with van der Waals surface area (Å²) in [6.45, 7) is 4.70. The zero-order valence-corrected chi connectivity index (χ0v) is 9.20. The van der Waals surface area contributed by atoms with E-state index in [4.69, 9.17) is 0 Å². The molecule has 0 bridgehead atoms. The topological polar surface area (TPSA) is 40.5 Å². The van der Waals surface area contributed by atoms with E-state index in [0.717, 1.165) is 32.2 Å². The lowest BCUT2D eigenvalue weighted by atomic mass is 10.1. The first-order valence-electron chi connectivity index (χ1n) is 5.62. The Morgan fingerprint density at radius 1 is 1.64 bits per heavy atom. The number of amides is 1. The van der Waals surface area contributed by atoms with Crippen molar-refractivity contribution in [2.45, 2.75) is 58.1 Å². The van der Waals surface area contributed by atoms with Crippen molar-refractivity contribution in [2.75, 3.05) is 6.54 Å². The van der Waals surface area contributed by atoms with Crippen LogP contribution in [-0.2, 0) is 4.79 Å². The van der Waals surface area contributed by atoms with E-state index >= 15 is 0 Å². The van der Waals surface area contributed by atoms with E-state index in [1.165, 1.54) is 0 Å². The van der Waals surface area contributed by atoms with Gasteiger partial charge in [0.05, 0.1) is 6.10 Å². The van der Waals surface area contributed by atoms with Gasteiger partial charge in [-0.15, -0.1) is 0 Å². The van der Waals surface area contributed by atoms with Crippen molar-refractivity contribution in [3.63, 3.8) is 0 Å². The molecule has 0 aromatic rings. The van der Waals surface area contributed by atoms with Crippen LogP contribution in [0.5, 0.6) is 0 Å². The van der Waals surface area contributed by atoms with E-state index < -0.39 is 0 Å². The molecule has 1 fully saturated rings. The number of carbonyl (C=O) groups is 1. The molecule has 2 atom stereocenters. The monoisotopic (exact) mass is 199 g/mol. The van der Waals surface area contributed by atoms with Crippen LogP contribution in [0.1, 0.15) is 46.0 Å². The highest BCUT2D eigenvalue weighted by Gasteiger charge is 2.28. The van der Waals surface area contributed by atoms with Gasteiger partial charge < -0.3 is 10.0 Å². The maximum absolute atomic E-state index is 11.7. The van der Waals surface area contributed by atoms with Gasteiger partial charge in [-0.25, -0.2) is 0 Å². The molecule has 3 nitrogen and oxygen atoms in total.